The van der Waals surface area contributed by atoms with Gasteiger partial charge in [0, 0.05) is 5.41 Å². The lowest BCUT2D eigenvalue weighted by molar-refractivity contribution is 0.661. The Balaban J connectivity index is 1.15. The first-order chi connectivity index (χ1) is 24.1. The Morgan fingerprint density at radius 3 is 1.73 bits per heavy atom. The van der Waals surface area contributed by atoms with Crippen LogP contribution in [0.1, 0.15) is 25.0 Å². The van der Waals surface area contributed by atoms with E-state index in [1.54, 1.807) is 0 Å². The van der Waals surface area contributed by atoms with Gasteiger partial charge in [0.1, 0.15) is 0 Å². The standard InChI is InChI=1S/C49H34/c1-49(2)45-27-24-32-13-4-7-19-39(32)48(45)43-26-23-34(30-46(43)49)33-15-11-16-35(28-33)38-18-9-10-21-41(38)47-40-20-8-5-14-36(40)29-44-37-17-6-3-12-31(37)22-25-42(44)47/h3-30H,1-2H3. The Kier molecular flexibility index (Phi) is 6.02. The van der Waals surface area contributed by atoms with Crippen LogP contribution < -0.4 is 0 Å². The third kappa shape index (κ3) is 4.17. The van der Waals surface area contributed by atoms with Gasteiger partial charge in [-0.1, -0.05) is 166 Å². The van der Waals surface area contributed by atoms with E-state index >= 15 is 0 Å². The van der Waals surface area contributed by atoms with Crippen molar-refractivity contribution in [2.45, 2.75) is 19.3 Å². The summed E-state index contributed by atoms with van der Waals surface area (Å²) in [7, 11) is 0. The molecule has 0 unspecified atom stereocenters. The normalized spacial score (nSPS) is 13.3. The van der Waals surface area contributed by atoms with Crippen molar-refractivity contribution in [2.75, 3.05) is 0 Å². The highest BCUT2D eigenvalue weighted by atomic mass is 14.4. The van der Waals surface area contributed by atoms with Gasteiger partial charge in [0.05, 0.1) is 0 Å². The van der Waals surface area contributed by atoms with E-state index in [2.05, 4.69) is 184 Å². The Morgan fingerprint density at radius 1 is 0.306 bits per heavy atom. The summed E-state index contributed by atoms with van der Waals surface area (Å²) in [6, 6.07) is 63.2. The molecule has 1 aliphatic carbocycles. The SMILES string of the molecule is CC1(C)c2cc(-c3cccc(-c4ccccc4-c4c5ccccc5cc5c4ccc4ccccc45)c3)ccc2-c2c1ccc1ccccc21. The van der Waals surface area contributed by atoms with Crippen molar-refractivity contribution < 1.29 is 0 Å². The van der Waals surface area contributed by atoms with E-state index in [1.807, 2.05) is 0 Å². The summed E-state index contributed by atoms with van der Waals surface area (Å²) in [5.41, 5.74) is 13.0. The molecule has 0 nitrogen and oxygen atoms in total. The van der Waals surface area contributed by atoms with E-state index in [1.165, 1.54) is 98.7 Å². The second kappa shape index (κ2) is 10.5. The smallest absolute Gasteiger partial charge is 0.0159 e. The molecule has 0 saturated heterocycles. The van der Waals surface area contributed by atoms with Gasteiger partial charge in [-0.05, 0) is 117 Å². The van der Waals surface area contributed by atoms with Crippen LogP contribution in [-0.2, 0) is 5.41 Å². The van der Waals surface area contributed by atoms with Gasteiger partial charge in [-0.15, -0.1) is 0 Å². The summed E-state index contributed by atoms with van der Waals surface area (Å²) >= 11 is 0. The molecule has 0 N–H and O–H groups in total. The van der Waals surface area contributed by atoms with Gasteiger partial charge in [0.15, 0.2) is 0 Å². The van der Waals surface area contributed by atoms with Gasteiger partial charge in [-0.2, -0.15) is 0 Å². The maximum Gasteiger partial charge on any atom is 0.0159 e. The van der Waals surface area contributed by atoms with Crippen molar-refractivity contribution in [2.24, 2.45) is 0 Å². The predicted octanol–water partition coefficient (Wildman–Crippen LogP) is 13.6. The first kappa shape index (κ1) is 28.1. The largest absolute Gasteiger partial charge is 0.0616 e. The molecular formula is C49H34. The van der Waals surface area contributed by atoms with Crippen molar-refractivity contribution in [1.82, 2.24) is 0 Å². The first-order valence-electron chi connectivity index (χ1n) is 17.3. The fraction of sp³-hybridized carbons (Fsp3) is 0.0612. The molecule has 0 amide bonds. The fourth-order valence-electron chi connectivity index (χ4n) is 8.62. The van der Waals surface area contributed by atoms with Crippen LogP contribution in [0.5, 0.6) is 0 Å². The van der Waals surface area contributed by atoms with E-state index in [0.717, 1.165) is 0 Å². The number of benzene rings is 9. The topological polar surface area (TPSA) is 0 Å². The molecule has 0 heterocycles. The molecular weight excluding hydrogens is 589 g/mol. The zero-order chi connectivity index (χ0) is 32.7. The number of hydrogen-bond donors (Lipinski definition) is 0. The summed E-state index contributed by atoms with van der Waals surface area (Å²) < 4.78 is 0. The van der Waals surface area contributed by atoms with Crippen LogP contribution in [0.25, 0.3) is 87.6 Å². The number of rotatable bonds is 3. The molecule has 9 aromatic rings. The predicted molar refractivity (Wildman–Crippen MR) is 210 cm³/mol. The first-order valence-corrected chi connectivity index (χ1v) is 17.3. The zero-order valence-electron chi connectivity index (χ0n) is 27.7. The van der Waals surface area contributed by atoms with Crippen LogP contribution in [0.4, 0.5) is 0 Å². The quantitative estimate of drug-likeness (QED) is 0.136. The molecule has 1 aliphatic rings. The van der Waals surface area contributed by atoms with E-state index in [4.69, 9.17) is 0 Å². The van der Waals surface area contributed by atoms with Crippen LogP contribution in [-0.4, -0.2) is 0 Å². The van der Waals surface area contributed by atoms with Gasteiger partial charge in [0.25, 0.3) is 0 Å². The van der Waals surface area contributed by atoms with Crippen LogP contribution in [0, 0.1) is 0 Å². The average molecular weight is 623 g/mol. The van der Waals surface area contributed by atoms with Crippen LogP contribution >= 0.6 is 0 Å². The van der Waals surface area contributed by atoms with Crippen molar-refractivity contribution in [3.8, 4) is 44.5 Å². The molecule has 0 spiro atoms. The minimum atomic E-state index is -0.0749. The highest BCUT2D eigenvalue weighted by Crippen LogP contribution is 2.52. The van der Waals surface area contributed by atoms with Crippen LogP contribution in [0.15, 0.2) is 170 Å². The van der Waals surface area contributed by atoms with Crippen molar-refractivity contribution in [3.63, 3.8) is 0 Å². The highest BCUT2D eigenvalue weighted by molar-refractivity contribution is 6.21. The minimum absolute atomic E-state index is 0.0749. The van der Waals surface area contributed by atoms with Gasteiger partial charge in [-0.25, -0.2) is 0 Å². The van der Waals surface area contributed by atoms with Gasteiger partial charge < -0.3 is 0 Å². The molecule has 0 bridgehead atoms. The van der Waals surface area contributed by atoms with E-state index in [-0.39, 0.29) is 5.41 Å². The van der Waals surface area contributed by atoms with Crippen molar-refractivity contribution in [3.05, 3.63) is 181 Å². The third-order valence-electron chi connectivity index (χ3n) is 11.0. The van der Waals surface area contributed by atoms with E-state index in [0.29, 0.717) is 0 Å². The summed E-state index contributed by atoms with van der Waals surface area (Å²) in [5.74, 6) is 0. The zero-order valence-corrected chi connectivity index (χ0v) is 27.7. The lowest BCUT2D eigenvalue weighted by atomic mass is 9.81. The summed E-state index contributed by atoms with van der Waals surface area (Å²) in [6.07, 6.45) is 0. The van der Waals surface area contributed by atoms with Crippen molar-refractivity contribution in [1.29, 1.82) is 0 Å². The second-order valence-electron chi connectivity index (χ2n) is 14.1. The molecule has 230 valence electrons. The maximum absolute atomic E-state index is 2.44. The monoisotopic (exact) mass is 622 g/mol. The number of hydrogen-bond acceptors (Lipinski definition) is 0. The Hall–Kier alpha value is -5.98. The molecule has 9 aromatic carbocycles. The highest BCUT2D eigenvalue weighted by Gasteiger charge is 2.36. The van der Waals surface area contributed by atoms with Crippen LogP contribution in [0.2, 0.25) is 0 Å². The molecule has 0 radical (unpaired) electrons. The Labute approximate surface area is 286 Å². The van der Waals surface area contributed by atoms with Gasteiger partial charge >= 0.3 is 0 Å². The minimum Gasteiger partial charge on any atom is -0.0616 e. The molecule has 0 heteroatoms. The van der Waals surface area contributed by atoms with Crippen LogP contribution in [0.3, 0.4) is 0 Å². The lowest BCUT2D eigenvalue weighted by Gasteiger charge is -2.22. The molecule has 0 aromatic heterocycles. The summed E-state index contributed by atoms with van der Waals surface area (Å²) in [5, 5.41) is 10.3. The molecule has 0 saturated carbocycles. The van der Waals surface area contributed by atoms with Gasteiger partial charge in [0.2, 0.25) is 0 Å². The van der Waals surface area contributed by atoms with Crippen molar-refractivity contribution >= 4 is 43.1 Å². The second-order valence-corrected chi connectivity index (χ2v) is 14.1. The molecule has 0 aliphatic heterocycles. The van der Waals surface area contributed by atoms with E-state index in [9.17, 15) is 0 Å². The third-order valence-corrected chi connectivity index (χ3v) is 11.0. The lowest BCUT2D eigenvalue weighted by Crippen LogP contribution is -2.15. The van der Waals surface area contributed by atoms with Gasteiger partial charge in [-0.3, -0.25) is 0 Å². The number of fused-ring (bicyclic) bond motifs is 9. The molecule has 49 heavy (non-hydrogen) atoms. The fourth-order valence-corrected chi connectivity index (χ4v) is 8.62. The summed E-state index contributed by atoms with van der Waals surface area (Å²) in [6.45, 7) is 4.75. The maximum atomic E-state index is 2.44. The molecule has 10 rings (SSSR count). The molecule has 0 fully saturated rings. The van der Waals surface area contributed by atoms with E-state index < -0.39 is 0 Å². The molecule has 0 atom stereocenters. The Morgan fingerprint density at radius 2 is 0.918 bits per heavy atom. The summed E-state index contributed by atoms with van der Waals surface area (Å²) in [4.78, 5) is 0. The average Bonchev–Trinajstić information content (AvgIpc) is 3.39. The Bertz CT molecular complexity index is 2800.